The molecular formula is C22H30N6O4. The number of fused-ring (bicyclic) bond motifs is 4. The molecule has 2 aromatic rings. The third-order valence-corrected chi connectivity index (χ3v) is 6.70. The molecule has 2 bridgehead atoms. The molecule has 0 unspecified atom stereocenters. The molecule has 10 nitrogen and oxygen atoms in total. The van der Waals surface area contributed by atoms with Gasteiger partial charge in [-0.15, -0.1) is 0 Å². The number of anilines is 1. The van der Waals surface area contributed by atoms with Gasteiger partial charge in [0.05, 0.1) is 5.52 Å². The predicted octanol–water partition coefficient (Wildman–Crippen LogP) is 2.15. The Hall–Kier alpha value is -3.14. The number of rotatable bonds is 4. The number of hydrogen-bond donors (Lipinski definition) is 5. The lowest BCUT2D eigenvalue weighted by Crippen LogP contribution is -2.57. The fourth-order valence-corrected chi connectivity index (χ4v) is 5.05. The van der Waals surface area contributed by atoms with E-state index < -0.39 is 0 Å². The summed E-state index contributed by atoms with van der Waals surface area (Å²) in [6, 6.07) is 5.74. The molecule has 5 N–H and O–H groups in total. The third-order valence-electron chi connectivity index (χ3n) is 6.70. The van der Waals surface area contributed by atoms with Crippen LogP contribution in [0.1, 0.15) is 49.0 Å². The molecule has 32 heavy (non-hydrogen) atoms. The first kappa shape index (κ1) is 22.1. The Morgan fingerprint density at radius 3 is 2.50 bits per heavy atom. The number of carbonyl (C=O) groups excluding carboxylic acids is 2. The Morgan fingerprint density at radius 1 is 1.12 bits per heavy atom. The number of carbonyl (C=O) groups is 3. The van der Waals surface area contributed by atoms with Crippen LogP contribution in [-0.2, 0) is 4.79 Å². The van der Waals surface area contributed by atoms with Crippen LogP contribution < -0.4 is 16.0 Å². The maximum absolute atomic E-state index is 12.9. The average molecular weight is 443 g/mol. The number of nitrogens with one attached hydrogen (secondary N) is 4. The molecule has 3 amide bonds. The van der Waals surface area contributed by atoms with Gasteiger partial charge in [-0.2, -0.15) is 5.10 Å². The van der Waals surface area contributed by atoms with Crippen LogP contribution in [0.4, 0.5) is 10.5 Å². The second kappa shape index (κ2) is 9.99. The van der Waals surface area contributed by atoms with Gasteiger partial charge in [-0.3, -0.25) is 14.7 Å². The van der Waals surface area contributed by atoms with E-state index >= 15 is 0 Å². The van der Waals surface area contributed by atoms with Crippen LogP contribution in [0.15, 0.2) is 18.2 Å². The minimum Gasteiger partial charge on any atom is -0.483 e. The molecule has 1 atom stereocenters. The molecule has 3 saturated heterocycles. The molecule has 1 aromatic heterocycles. The van der Waals surface area contributed by atoms with Gasteiger partial charge < -0.3 is 26.0 Å². The quantitative estimate of drug-likeness (QED) is 0.460. The Labute approximate surface area is 186 Å². The van der Waals surface area contributed by atoms with Crippen molar-refractivity contribution in [2.24, 2.45) is 5.92 Å². The highest BCUT2D eigenvalue weighted by Gasteiger charge is 2.35. The molecule has 1 saturated carbocycles. The maximum Gasteiger partial charge on any atom is 0.319 e. The normalized spacial score (nSPS) is 24.4. The maximum atomic E-state index is 12.9. The lowest BCUT2D eigenvalue weighted by Gasteiger charge is -2.44. The van der Waals surface area contributed by atoms with E-state index in [2.05, 4.69) is 31.0 Å². The van der Waals surface area contributed by atoms with E-state index in [1.165, 1.54) is 12.8 Å². The monoisotopic (exact) mass is 442 g/mol. The minimum absolute atomic E-state index is 0.150. The van der Waals surface area contributed by atoms with Crippen LogP contribution in [-0.4, -0.2) is 70.3 Å². The summed E-state index contributed by atoms with van der Waals surface area (Å²) in [5, 5.41) is 23.9. The Kier molecular flexibility index (Phi) is 6.89. The van der Waals surface area contributed by atoms with Gasteiger partial charge >= 0.3 is 6.03 Å². The van der Waals surface area contributed by atoms with Gasteiger partial charge in [0, 0.05) is 29.7 Å². The Bertz CT molecular complexity index is 962. The second-order valence-electron chi connectivity index (χ2n) is 8.74. The largest absolute Gasteiger partial charge is 0.483 e. The van der Waals surface area contributed by atoms with Crippen LogP contribution in [0.25, 0.3) is 10.9 Å². The summed E-state index contributed by atoms with van der Waals surface area (Å²) in [4.78, 5) is 36.0. The SMILES string of the molecule is O=C(Nc1ccc2[nH]nc(C(=O)N[C@H]3CN4CCC3CC4)c2c1)NC1CCCC1.O=CO. The lowest BCUT2D eigenvalue weighted by atomic mass is 9.84. The summed E-state index contributed by atoms with van der Waals surface area (Å²) in [5.41, 5.74) is 1.83. The molecule has 172 valence electrons. The van der Waals surface area contributed by atoms with Crippen molar-refractivity contribution < 1.29 is 19.5 Å². The highest BCUT2D eigenvalue weighted by atomic mass is 16.3. The van der Waals surface area contributed by atoms with Crippen LogP contribution in [0.2, 0.25) is 0 Å². The Morgan fingerprint density at radius 2 is 1.84 bits per heavy atom. The summed E-state index contributed by atoms with van der Waals surface area (Å²) in [6.45, 7) is 2.95. The van der Waals surface area contributed by atoms with Gasteiger partial charge in [0.15, 0.2) is 5.69 Å². The first-order valence-electron chi connectivity index (χ1n) is 11.2. The summed E-state index contributed by atoms with van der Waals surface area (Å²) in [6.07, 6.45) is 6.72. The minimum atomic E-state index is -0.250. The van der Waals surface area contributed by atoms with E-state index in [0.29, 0.717) is 17.3 Å². The van der Waals surface area contributed by atoms with E-state index in [4.69, 9.17) is 9.90 Å². The van der Waals surface area contributed by atoms with Gasteiger partial charge in [-0.25, -0.2) is 4.79 Å². The zero-order valence-corrected chi connectivity index (χ0v) is 18.0. The number of nitrogens with zero attached hydrogens (tertiary/aromatic N) is 2. The Balaban J connectivity index is 0.000000775. The fraction of sp³-hybridized carbons (Fsp3) is 0.545. The summed E-state index contributed by atoms with van der Waals surface area (Å²) < 4.78 is 0. The molecule has 4 heterocycles. The van der Waals surface area contributed by atoms with E-state index in [1.807, 2.05) is 18.2 Å². The number of H-pyrrole nitrogens is 1. The lowest BCUT2D eigenvalue weighted by molar-refractivity contribution is -0.122. The number of piperidine rings is 3. The topological polar surface area (TPSA) is 139 Å². The zero-order chi connectivity index (χ0) is 22.5. The van der Waals surface area contributed by atoms with Crippen LogP contribution >= 0.6 is 0 Å². The molecular weight excluding hydrogens is 412 g/mol. The molecule has 3 aliphatic heterocycles. The molecule has 6 rings (SSSR count). The molecule has 10 heteroatoms. The molecule has 1 aliphatic carbocycles. The summed E-state index contributed by atoms with van der Waals surface area (Å²) >= 11 is 0. The van der Waals surface area contributed by atoms with Gasteiger partial charge in [0.25, 0.3) is 12.4 Å². The molecule has 0 spiro atoms. The third kappa shape index (κ3) is 5.01. The van der Waals surface area contributed by atoms with Crippen molar-refractivity contribution in [3.05, 3.63) is 23.9 Å². The van der Waals surface area contributed by atoms with Crippen LogP contribution in [0, 0.1) is 5.92 Å². The number of carboxylic acid groups (broad SMARTS) is 1. The number of hydrogen-bond acceptors (Lipinski definition) is 5. The van der Waals surface area contributed by atoms with Gasteiger partial charge in [0.2, 0.25) is 0 Å². The number of benzene rings is 1. The van der Waals surface area contributed by atoms with E-state index in [-0.39, 0.29) is 30.5 Å². The van der Waals surface area contributed by atoms with Crippen molar-refractivity contribution in [2.45, 2.75) is 50.6 Å². The zero-order valence-electron chi connectivity index (χ0n) is 18.0. The highest BCUT2D eigenvalue weighted by Crippen LogP contribution is 2.28. The number of amides is 3. The first-order valence-corrected chi connectivity index (χ1v) is 11.2. The molecule has 4 aliphatic rings. The summed E-state index contributed by atoms with van der Waals surface area (Å²) in [7, 11) is 0. The van der Waals surface area contributed by atoms with Crippen molar-refractivity contribution in [3.63, 3.8) is 0 Å². The smallest absolute Gasteiger partial charge is 0.319 e. The average Bonchev–Trinajstić information content (AvgIpc) is 3.44. The van der Waals surface area contributed by atoms with Crippen molar-refractivity contribution in [1.82, 2.24) is 25.7 Å². The van der Waals surface area contributed by atoms with Crippen molar-refractivity contribution in [2.75, 3.05) is 25.0 Å². The van der Waals surface area contributed by atoms with E-state index in [1.54, 1.807) is 0 Å². The number of urea groups is 1. The van der Waals surface area contributed by atoms with Gasteiger partial charge in [-0.05, 0) is 62.9 Å². The highest BCUT2D eigenvalue weighted by molar-refractivity contribution is 6.06. The van der Waals surface area contributed by atoms with E-state index in [0.717, 1.165) is 56.2 Å². The van der Waals surface area contributed by atoms with Crippen molar-refractivity contribution >= 4 is 35.0 Å². The number of aromatic amines is 1. The van der Waals surface area contributed by atoms with Crippen LogP contribution in [0.3, 0.4) is 0 Å². The predicted molar refractivity (Wildman–Crippen MR) is 120 cm³/mol. The van der Waals surface area contributed by atoms with E-state index in [9.17, 15) is 9.59 Å². The van der Waals surface area contributed by atoms with Crippen molar-refractivity contribution in [1.29, 1.82) is 0 Å². The summed E-state index contributed by atoms with van der Waals surface area (Å²) in [5.74, 6) is 0.410. The second-order valence-corrected chi connectivity index (χ2v) is 8.74. The molecule has 1 aromatic carbocycles. The first-order chi connectivity index (χ1) is 15.6. The van der Waals surface area contributed by atoms with Crippen LogP contribution in [0.5, 0.6) is 0 Å². The molecule has 4 fully saturated rings. The fourth-order valence-electron chi connectivity index (χ4n) is 5.05. The number of aromatic nitrogens is 2. The standard InChI is InChI=1S/C21H28N6O2.CH2O2/c28-20(24-18-12-27-9-7-13(18)8-10-27)19-16-11-15(5-6-17(16)25-26-19)23-21(29)22-14-3-1-2-4-14;2-1-3/h5-6,11,13-14,18H,1-4,7-10,12H2,(H,24,28)(H,25,26)(H2,22,23,29);1H,(H,2,3)/t18-;/m0./s1. The van der Waals surface area contributed by atoms with Gasteiger partial charge in [0.1, 0.15) is 0 Å². The molecule has 0 radical (unpaired) electrons. The van der Waals surface area contributed by atoms with Crippen molar-refractivity contribution in [3.8, 4) is 0 Å². The van der Waals surface area contributed by atoms with Gasteiger partial charge in [-0.1, -0.05) is 12.8 Å².